The van der Waals surface area contributed by atoms with Crippen LogP contribution in [0.3, 0.4) is 0 Å². The molecule has 0 unspecified atom stereocenters. The van der Waals surface area contributed by atoms with E-state index in [0.717, 1.165) is 28.2 Å². The van der Waals surface area contributed by atoms with E-state index in [9.17, 15) is 0 Å². The van der Waals surface area contributed by atoms with E-state index in [1.165, 1.54) is 18.1 Å². The van der Waals surface area contributed by atoms with Gasteiger partial charge in [0.05, 0.1) is 6.20 Å². The molecule has 1 N–H and O–H groups in total. The highest BCUT2D eigenvalue weighted by Crippen LogP contribution is 2.27. The number of hydrogen-bond donors (Lipinski definition) is 1. The van der Waals surface area contributed by atoms with Gasteiger partial charge in [0, 0.05) is 26.0 Å². The van der Waals surface area contributed by atoms with Crippen LogP contribution in [-0.2, 0) is 7.05 Å². The molecule has 0 aliphatic carbocycles. The monoisotopic (exact) mass is 275 g/mol. The summed E-state index contributed by atoms with van der Waals surface area (Å²) in [4.78, 5) is 13.1. The number of rotatable bonds is 4. The van der Waals surface area contributed by atoms with Crippen molar-refractivity contribution in [2.24, 2.45) is 7.05 Å². The van der Waals surface area contributed by atoms with Crippen molar-refractivity contribution in [1.82, 2.24) is 29.1 Å². The molecule has 3 aromatic rings. The van der Waals surface area contributed by atoms with Crippen LogP contribution in [0.1, 0.15) is 6.92 Å². The van der Waals surface area contributed by atoms with Gasteiger partial charge >= 0.3 is 0 Å². The van der Waals surface area contributed by atoms with Gasteiger partial charge < -0.3 is 9.72 Å². The highest BCUT2D eigenvalue weighted by molar-refractivity contribution is 7.99. The molecule has 0 aromatic carbocycles. The first-order valence-electron chi connectivity index (χ1n) is 5.87. The number of aromatic nitrogens is 6. The van der Waals surface area contributed by atoms with Gasteiger partial charge in [-0.2, -0.15) is 5.10 Å². The minimum atomic E-state index is 0.783. The Bertz CT molecular complexity index is 702. The van der Waals surface area contributed by atoms with Crippen LogP contribution in [0.4, 0.5) is 5.82 Å². The van der Waals surface area contributed by atoms with E-state index in [-0.39, 0.29) is 0 Å². The lowest BCUT2D eigenvalue weighted by Gasteiger charge is -2.07. The number of hydrogen-bond acceptors (Lipinski definition) is 6. The molecule has 0 atom stereocenters. The number of anilines is 1. The number of nitrogens with one attached hydrogen (secondary N) is 1. The Hall–Kier alpha value is -2.09. The summed E-state index contributed by atoms with van der Waals surface area (Å²) in [6.45, 7) is 2.86. The lowest BCUT2D eigenvalue weighted by molar-refractivity contribution is 0.684. The zero-order chi connectivity index (χ0) is 13.2. The summed E-state index contributed by atoms with van der Waals surface area (Å²) < 4.78 is 3.66. The first kappa shape index (κ1) is 12.0. The SMILES string of the molecule is CCNc1cn2ccnc2c(Sc2ncnn2C)n1. The maximum atomic E-state index is 4.57. The average molecular weight is 275 g/mol. The lowest BCUT2D eigenvalue weighted by Crippen LogP contribution is -2.03. The van der Waals surface area contributed by atoms with Gasteiger partial charge in [-0.25, -0.2) is 19.6 Å². The Labute approximate surface area is 114 Å². The number of nitrogens with zero attached hydrogens (tertiary/aromatic N) is 6. The molecule has 19 heavy (non-hydrogen) atoms. The molecule has 3 rings (SSSR count). The average Bonchev–Trinajstić information content (AvgIpc) is 3.00. The van der Waals surface area contributed by atoms with Gasteiger partial charge in [-0.3, -0.25) is 0 Å². The molecular formula is C11H13N7S. The topological polar surface area (TPSA) is 72.9 Å². The molecule has 0 spiro atoms. The molecule has 0 aliphatic heterocycles. The lowest BCUT2D eigenvalue weighted by atomic mass is 10.6. The van der Waals surface area contributed by atoms with Gasteiger partial charge in [0.1, 0.15) is 17.2 Å². The zero-order valence-corrected chi connectivity index (χ0v) is 11.4. The Balaban J connectivity index is 2.05. The van der Waals surface area contributed by atoms with E-state index in [1.807, 2.05) is 30.8 Å². The summed E-state index contributed by atoms with van der Waals surface area (Å²) in [5, 5.41) is 8.85. The second-order valence-corrected chi connectivity index (χ2v) is 4.84. The van der Waals surface area contributed by atoms with Gasteiger partial charge in [0.25, 0.3) is 0 Å². The van der Waals surface area contributed by atoms with E-state index in [4.69, 9.17) is 0 Å². The molecule has 0 bridgehead atoms. The smallest absolute Gasteiger partial charge is 0.192 e. The molecule has 0 aliphatic rings. The maximum absolute atomic E-state index is 4.57. The van der Waals surface area contributed by atoms with E-state index in [1.54, 1.807) is 10.9 Å². The fourth-order valence-electron chi connectivity index (χ4n) is 1.70. The zero-order valence-electron chi connectivity index (χ0n) is 10.6. The van der Waals surface area contributed by atoms with Gasteiger partial charge in [0.15, 0.2) is 10.8 Å². The molecule has 0 saturated carbocycles. The largest absolute Gasteiger partial charge is 0.369 e. The molecule has 98 valence electrons. The predicted molar refractivity (Wildman–Crippen MR) is 72.3 cm³/mol. The van der Waals surface area contributed by atoms with Crippen LogP contribution >= 0.6 is 11.8 Å². The van der Waals surface area contributed by atoms with Gasteiger partial charge in [0.2, 0.25) is 0 Å². The second kappa shape index (κ2) is 4.88. The number of fused-ring (bicyclic) bond motifs is 1. The maximum Gasteiger partial charge on any atom is 0.192 e. The molecule has 0 fully saturated rings. The van der Waals surface area contributed by atoms with E-state index >= 15 is 0 Å². The first-order chi connectivity index (χ1) is 9.28. The van der Waals surface area contributed by atoms with Crippen molar-refractivity contribution >= 4 is 23.2 Å². The quantitative estimate of drug-likeness (QED) is 0.776. The summed E-state index contributed by atoms with van der Waals surface area (Å²) >= 11 is 1.45. The molecule has 0 radical (unpaired) electrons. The van der Waals surface area contributed by atoms with Crippen molar-refractivity contribution in [3.8, 4) is 0 Å². The summed E-state index contributed by atoms with van der Waals surface area (Å²) in [6.07, 6.45) is 7.11. The van der Waals surface area contributed by atoms with Gasteiger partial charge in [-0.15, -0.1) is 0 Å². The minimum absolute atomic E-state index is 0.783. The number of imidazole rings is 1. The normalized spacial score (nSPS) is 11.1. The standard InChI is InChI=1S/C11H13N7S/c1-3-12-8-6-18-5-4-13-9(18)10(16-8)19-11-14-7-15-17(11)2/h4-7,12H,3H2,1-2H3. The molecule has 3 heterocycles. The summed E-state index contributed by atoms with van der Waals surface area (Å²) in [5.41, 5.74) is 0.814. The third-order valence-corrected chi connectivity index (χ3v) is 3.58. The van der Waals surface area contributed by atoms with Crippen molar-refractivity contribution in [1.29, 1.82) is 0 Å². The number of aryl methyl sites for hydroxylation is 1. The third-order valence-electron chi connectivity index (χ3n) is 2.56. The van der Waals surface area contributed by atoms with Crippen LogP contribution in [0, 0.1) is 0 Å². The van der Waals surface area contributed by atoms with Crippen molar-refractivity contribution in [2.45, 2.75) is 17.1 Å². The van der Waals surface area contributed by atoms with Crippen LogP contribution in [0.2, 0.25) is 0 Å². The van der Waals surface area contributed by atoms with Crippen LogP contribution in [0.15, 0.2) is 35.1 Å². The summed E-state index contributed by atoms with van der Waals surface area (Å²) in [5.74, 6) is 0.817. The Kier molecular flexibility index (Phi) is 3.08. The Morgan fingerprint density at radius 1 is 1.37 bits per heavy atom. The van der Waals surface area contributed by atoms with Gasteiger partial charge in [-0.05, 0) is 18.7 Å². The first-order valence-corrected chi connectivity index (χ1v) is 6.69. The van der Waals surface area contributed by atoms with Gasteiger partial charge in [-0.1, -0.05) is 0 Å². The molecule has 8 heteroatoms. The van der Waals surface area contributed by atoms with Crippen LogP contribution in [0.25, 0.3) is 5.65 Å². The Morgan fingerprint density at radius 2 is 2.26 bits per heavy atom. The van der Waals surface area contributed by atoms with Crippen molar-refractivity contribution in [3.05, 3.63) is 24.9 Å². The highest BCUT2D eigenvalue weighted by Gasteiger charge is 2.12. The second-order valence-electron chi connectivity index (χ2n) is 3.89. The van der Waals surface area contributed by atoms with E-state index in [2.05, 4.69) is 25.4 Å². The predicted octanol–water partition coefficient (Wildman–Crippen LogP) is 1.44. The minimum Gasteiger partial charge on any atom is -0.369 e. The summed E-state index contributed by atoms with van der Waals surface area (Å²) in [6, 6.07) is 0. The molecule has 0 saturated heterocycles. The molecule has 7 nitrogen and oxygen atoms in total. The molecular weight excluding hydrogens is 262 g/mol. The summed E-state index contributed by atoms with van der Waals surface area (Å²) in [7, 11) is 1.85. The highest BCUT2D eigenvalue weighted by atomic mass is 32.2. The van der Waals surface area contributed by atoms with E-state index < -0.39 is 0 Å². The molecule has 0 amide bonds. The molecule has 3 aromatic heterocycles. The van der Waals surface area contributed by atoms with Crippen molar-refractivity contribution in [3.63, 3.8) is 0 Å². The van der Waals surface area contributed by atoms with Crippen LogP contribution in [-0.4, -0.2) is 35.7 Å². The third kappa shape index (κ3) is 2.26. The fraction of sp³-hybridized carbons (Fsp3) is 0.273. The Morgan fingerprint density at radius 3 is 3.00 bits per heavy atom. The van der Waals surface area contributed by atoms with Crippen molar-refractivity contribution < 1.29 is 0 Å². The fourth-order valence-corrected chi connectivity index (χ4v) is 2.55. The van der Waals surface area contributed by atoms with Crippen LogP contribution in [0.5, 0.6) is 0 Å². The van der Waals surface area contributed by atoms with Crippen LogP contribution < -0.4 is 5.32 Å². The van der Waals surface area contributed by atoms with Crippen molar-refractivity contribution in [2.75, 3.05) is 11.9 Å². The van der Waals surface area contributed by atoms with E-state index in [0.29, 0.717) is 0 Å².